The van der Waals surface area contributed by atoms with Crippen molar-refractivity contribution in [1.82, 2.24) is 9.88 Å². The lowest BCUT2D eigenvalue weighted by molar-refractivity contribution is -0.0232. The third kappa shape index (κ3) is 6.10. The zero-order valence-electron chi connectivity index (χ0n) is 15.9. The zero-order valence-corrected chi connectivity index (χ0v) is 16.7. The predicted molar refractivity (Wildman–Crippen MR) is 98.8 cm³/mol. The highest BCUT2D eigenvalue weighted by Gasteiger charge is 2.43. The normalized spacial score (nSPS) is 24.7. The summed E-state index contributed by atoms with van der Waals surface area (Å²) in [6.45, 7) is 2.95. The van der Waals surface area contributed by atoms with E-state index in [1.54, 1.807) is 6.07 Å². The maximum atomic E-state index is 13.1. The maximum Gasteiger partial charge on any atom is 0.257 e. The monoisotopic (exact) mass is 402 g/mol. The van der Waals surface area contributed by atoms with E-state index in [-0.39, 0.29) is 11.4 Å². The van der Waals surface area contributed by atoms with E-state index in [2.05, 4.69) is 4.98 Å². The Bertz CT molecular complexity index is 726. The zero-order chi connectivity index (χ0) is 19.7. The lowest BCUT2D eigenvalue weighted by Crippen LogP contribution is -2.41. The summed E-state index contributed by atoms with van der Waals surface area (Å²) in [4.78, 5) is 6.10. The molecule has 2 heterocycles. The Labute approximate surface area is 160 Å². The Morgan fingerprint density at radius 1 is 1.30 bits per heavy atom. The van der Waals surface area contributed by atoms with E-state index < -0.39 is 15.8 Å². The van der Waals surface area contributed by atoms with Gasteiger partial charge in [0.25, 0.3) is 5.92 Å². The number of halogens is 2. The summed E-state index contributed by atoms with van der Waals surface area (Å²) >= 11 is 0. The fraction of sp³-hybridized carbons (Fsp3) is 0.737. The molecule has 1 unspecified atom stereocenters. The minimum Gasteiger partial charge on any atom is -0.478 e. The molecule has 1 aliphatic carbocycles. The Morgan fingerprint density at radius 3 is 2.56 bits per heavy atom. The molecule has 152 valence electrons. The molecule has 0 radical (unpaired) electrons. The maximum absolute atomic E-state index is 13.1. The molecule has 1 saturated carbocycles. The Morgan fingerprint density at radius 2 is 2.00 bits per heavy atom. The summed E-state index contributed by atoms with van der Waals surface area (Å²) < 4.78 is 54.7. The number of hydrogen-bond acceptors (Lipinski definition) is 5. The fourth-order valence-corrected chi connectivity index (χ4v) is 4.66. The van der Waals surface area contributed by atoms with Crippen LogP contribution in [0.2, 0.25) is 0 Å². The smallest absolute Gasteiger partial charge is 0.257 e. The van der Waals surface area contributed by atoms with E-state index in [4.69, 9.17) is 4.74 Å². The molecule has 2 aliphatic rings. The van der Waals surface area contributed by atoms with Crippen LogP contribution < -0.4 is 4.74 Å². The van der Waals surface area contributed by atoms with Crippen molar-refractivity contribution in [1.29, 1.82) is 0 Å². The van der Waals surface area contributed by atoms with Crippen molar-refractivity contribution < 1.29 is 21.9 Å². The van der Waals surface area contributed by atoms with Crippen LogP contribution in [-0.2, 0) is 9.84 Å². The van der Waals surface area contributed by atoms with Crippen LogP contribution in [0.1, 0.15) is 32.6 Å². The molecule has 1 saturated heterocycles. The van der Waals surface area contributed by atoms with E-state index in [9.17, 15) is 17.2 Å². The van der Waals surface area contributed by atoms with Crippen molar-refractivity contribution in [2.24, 2.45) is 17.8 Å². The summed E-state index contributed by atoms with van der Waals surface area (Å²) in [5.74, 6) is -0.194. The van der Waals surface area contributed by atoms with Crippen molar-refractivity contribution in [3.8, 4) is 5.88 Å². The largest absolute Gasteiger partial charge is 0.478 e. The predicted octanol–water partition coefficient (Wildman–Crippen LogP) is 3.26. The van der Waals surface area contributed by atoms with E-state index in [1.807, 2.05) is 4.90 Å². The minimum atomic E-state index is -3.24. The van der Waals surface area contributed by atoms with Gasteiger partial charge < -0.3 is 4.74 Å². The highest BCUT2D eigenvalue weighted by molar-refractivity contribution is 7.90. The molecule has 2 atom stereocenters. The first-order valence-electron chi connectivity index (χ1n) is 9.51. The van der Waals surface area contributed by atoms with Crippen LogP contribution >= 0.6 is 0 Å². The van der Waals surface area contributed by atoms with Crippen LogP contribution in [0.15, 0.2) is 23.2 Å². The molecule has 8 heteroatoms. The highest BCUT2D eigenvalue weighted by atomic mass is 32.2. The van der Waals surface area contributed by atoms with Gasteiger partial charge in [0.1, 0.15) is 0 Å². The van der Waals surface area contributed by atoms with Crippen LogP contribution in [0.25, 0.3) is 0 Å². The molecule has 1 aromatic heterocycles. The second-order valence-corrected chi connectivity index (χ2v) is 10.1. The van der Waals surface area contributed by atoms with Gasteiger partial charge in [-0.15, -0.1) is 0 Å². The summed E-state index contributed by atoms with van der Waals surface area (Å²) in [5.41, 5.74) is 0. The molecule has 0 N–H and O–H groups in total. The fourth-order valence-electron chi connectivity index (χ4n) is 4.10. The van der Waals surface area contributed by atoms with Gasteiger partial charge in [0.05, 0.1) is 18.0 Å². The number of alkyl halides is 2. The second-order valence-electron chi connectivity index (χ2n) is 8.08. The summed E-state index contributed by atoms with van der Waals surface area (Å²) in [7, 11) is -3.24. The van der Waals surface area contributed by atoms with Gasteiger partial charge in [0.2, 0.25) is 5.88 Å². The van der Waals surface area contributed by atoms with E-state index in [0.29, 0.717) is 30.2 Å². The number of pyridine rings is 1. The first kappa shape index (κ1) is 20.5. The van der Waals surface area contributed by atoms with Gasteiger partial charge in [-0.2, -0.15) is 0 Å². The Kier molecular flexibility index (Phi) is 6.05. The molecular formula is C19H28F2N2O3S. The van der Waals surface area contributed by atoms with E-state index in [1.165, 1.54) is 18.7 Å². The van der Waals surface area contributed by atoms with Gasteiger partial charge in [-0.1, -0.05) is 0 Å². The first-order chi connectivity index (χ1) is 12.6. The summed E-state index contributed by atoms with van der Waals surface area (Å²) in [6, 6.07) is 3.09. The topological polar surface area (TPSA) is 59.5 Å². The number of hydrogen-bond donors (Lipinski definition) is 0. The Balaban J connectivity index is 1.35. The average Bonchev–Trinajstić information content (AvgIpc) is 3.33. The van der Waals surface area contributed by atoms with Crippen LogP contribution in [0.5, 0.6) is 5.88 Å². The van der Waals surface area contributed by atoms with Crippen molar-refractivity contribution in [2.45, 2.75) is 43.4 Å². The van der Waals surface area contributed by atoms with Crippen LogP contribution in [0, 0.1) is 17.8 Å². The van der Waals surface area contributed by atoms with Crippen LogP contribution in [0.3, 0.4) is 0 Å². The third-order valence-electron chi connectivity index (χ3n) is 5.59. The molecule has 27 heavy (non-hydrogen) atoms. The standard InChI is InChI=1S/C19H28F2N2O3S/c1-19(20,21)13-23-8-5-14(6-9-23)17-11-15(17)7-10-26-18-4-3-16(12-22-18)27(2,24)25/h3-4,12,14-15,17H,5-11,13H2,1-2H3/t15?,17-/m0/s1. The van der Waals surface area contributed by atoms with Gasteiger partial charge in [0, 0.05) is 25.4 Å². The van der Waals surface area contributed by atoms with Crippen molar-refractivity contribution in [2.75, 3.05) is 32.5 Å². The van der Waals surface area contributed by atoms with Gasteiger partial charge in [-0.05, 0) is 62.6 Å². The number of sulfone groups is 1. The molecule has 1 aliphatic heterocycles. The molecular weight excluding hydrogens is 374 g/mol. The third-order valence-corrected chi connectivity index (χ3v) is 6.69. The molecule has 1 aromatic rings. The SMILES string of the molecule is CC(F)(F)CN1CCC([C@@H]2CC2CCOc2ccc(S(C)(=O)=O)cn2)CC1. The van der Waals surface area contributed by atoms with Crippen LogP contribution in [-0.4, -0.2) is 56.7 Å². The number of aromatic nitrogens is 1. The lowest BCUT2D eigenvalue weighted by Gasteiger charge is -2.33. The number of piperidine rings is 1. The number of ether oxygens (including phenoxy) is 1. The van der Waals surface area contributed by atoms with Gasteiger partial charge in [-0.25, -0.2) is 22.2 Å². The molecule has 0 amide bonds. The highest BCUT2D eigenvalue weighted by Crippen LogP contribution is 2.49. The van der Waals surface area contributed by atoms with Crippen LogP contribution in [0.4, 0.5) is 8.78 Å². The number of likely N-dealkylation sites (tertiary alicyclic amines) is 1. The van der Waals surface area contributed by atoms with Crippen molar-refractivity contribution in [3.63, 3.8) is 0 Å². The minimum absolute atomic E-state index is 0.132. The van der Waals surface area contributed by atoms with Crippen molar-refractivity contribution >= 4 is 9.84 Å². The van der Waals surface area contributed by atoms with Gasteiger partial charge in [0.15, 0.2) is 9.84 Å². The average molecular weight is 403 g/mol. The first-order valence-corrected chi connectivity index (χ1v) is 11.4. The molecule has 5 nitrogen and oxygen atoms in total. The summed E-state index contributed by atoms with van der Waals surface area (Å²) in [6.07, 6.45) is 6.62. The molecule has 0 aromatic carbocycles. The molecule has 2 fully saturated rings. The molecule has 3 rings (SSSR count). The molecule has 0 spiro atoms. The quantitative estimate of drug-likeness (QED) is 0.668. The van der Waals surface area contributed by atoms with E-state index in [0.717, 1.165) is 45.5 Å². The Hall–Kier alpha value is -1.28. The van der Waals surface area contributed by atoms with E-state index >= 15 is 0 Å². The van der Waals surface area contributed by atoms with Gasteiger partial charge >= 0.3 is 0 Å². The lowest BCUT2D eigenvalue weighted by atomic mass is 9.90. The summed E-state index contributed by atoms with van der Waals surface area (Å²) in [5, 5.41) is 0. The number of rotatable bonds is 8. The van der Waals surface area contributed by atoms with Gasteiger partial charge in [-0.3, -0.25) is 4.90 Å². The molecule has 0 bridgehead atoms. The number of nitrogens with zero attached hydrogens (tertiary/aromatic N) is 2. The van der Waals surface area contributed by atoms with Crippen molar-refractivity contribution in [3.05, 3.63) is 18.3 Å². The second kappa shape index (κ2) is 7.99.